The highest BCUT2D eigenvalue weighted by molar-refractivity contribution is 7.83. The first-order valence-corrected chi connectivity index (χ1v) is 3.68. The van der Waals surface area contributed by atoms with Gasteiger partial charge in [0.2, 0.25) is 0 Å². The molecule has 0 bridgehead atoms. The molecule has 0 spiro atoms. The maximum absolute atomic E-state index is 9.00. The van der Waals surface area contributed by atoms with Crippen LogP contribution in [0.4, 0.5) is 0 Å². The lowest BCUT2D eigenvalue weighted by atomic mass is 10.9. The van der Waals surface area contributed by atoms with Crippen LogP contribution in [0.3, 0.4) is 0 Å². The van der Waals surface area contributed by atoms with Crippen molar-refractivity contribution in [2.75, 3.05) is 0 Å². The Balaban J connectivity index is -0.0000000246. The molecule has 0 aromatic rings. The van der Waals surface area contributed by atoms with E-state index in [1.165, 1.54) is 0 Å². The van der Waals surface area contributed by atoms with Crippen LogP contribution in [-0.4, -0.2) is 24.0 Å². The second kappa shape index (κ2) is 17.2. The minimum Gasteiger partial charge on any atom is -0.481 e. The van der Waals surface area contributed by atoms with E-state index in [-0.39, 0.29) is 12.3 Å². The highest BCUT2D eigenvalue weighted by Gasteiger charge is 1.81. The molecule has 0 aliphatic heterocycles. The number of carboxylic acids is 1. The van der Waals surface area contributed by atoms with E-state index in [4.69, 9.17) is 22.9 Å². The molecule has 0 saturated carbocycles. The molecule has 10 N–H and O–H groups in total. The molecule has 0 aromatic heterocycles. The molecule has 0 radical (unpaired) electrons. The summed E-state index contributed by atoms with van der Waals surface area (Å²) in [5, 5.41) is 11.3. The largest absolute Gasteiger partial charge is 0.481 e. The van der Waals surface area contributed by atoms with Crippen molar-refractivity contribution in [2.45, 2.75) is 6.92 Å². The van der Waals surface area contributed by atoms with Crippen molar-refractivity contribution in [3.63, 3.8) is 0 Å². The zero-order valence-electron chi connectivity index (χ0n) is 7.43. The van der Waals surface area contributed by atoms with Gasteiger partial charge in [-0.05, 0) is 0 Å². The van der Waals surface area contributed by atoms with Gasteiger partial charge >= 0.3 is 10.3 Å². The summed E-state index contributed by atoms with van der Waals surface area (Å²) < 4.78 is 25.2. The first-order valence-electron chi connectivity index (χ1n) is 2.18. The van der Waals surface area contributed by atoms with Crippen LogP contribution < -0.4 is 17.4 Å². The summed E-state index contributed by atoms with van der Waals surface area (Å²) >= 11 is 0. The van der Waals surface area contributed by atoms with Crippen LogP contribution in [0.1, 0.15) is 6.92 Å². The number of hydrogen-bond acceptors (Lipinski definition) is 5. The third kappa shape index (κ3) is 891. The fourth-order valence-corrected chi connectivity index (χ4v) is 0. The zero-order chi connectivity index (χ0) is 10.1. The van der Waals surface area contributed by atoms with Crippen molar-refractivity contribution in [1.29, 1.82) is 0 Å². The molecule has 9 heteroatoms. The van der Waals surface area contributed by atoms with Crippen molar-refractivity contribution in [2.24, 2.45) is 5.14 Å². The van der Waals surface area contributed by atoms with Crippen molar-refractivity contribution in [3.05, 3.63) is 13.2 Å². The van der Waals surface area contributed by atoms with Crippen LogP contribution in [0.25, 0.3) is 0 Å². The normalized spacial score (nSPS) is 6.69. The van der Waals surface area contributed by atoms with Crippen molar-refractivity contribution in [1.82, 2.24) is 12.3 Å². The number of hydrogen-bond donors (Lipinski definition) is 5. The van der Waals surface area contributed by atoms with E-state index in [0.29, 0.717) is 0 Å². The predicted molar refractivity (Wildman–Crippen MR) is 50.3 cm³/mol. The molecule has 0 aliphatic carbocycles. The molecule has 0 heterocycles. The molecular weight excluding hydrogens is 202 g/mol. The minimum absolute atomic E-state index is 0. The van der Waals surface area contributed by atoms with Crippen LogP contribution >= 0.6 is 0 Å². The lowest BCUT2D eigenvalue weighted by Crippen LogP contribution is -2.08. The van der Waals surface area contributed by atoms with Crippen LogP contribution in [0.2, 0.25) is 0 Å². The van der Waals surface area contributed by atoms with Gasteiger partial charge in [0.1, 0.15) is 0 Å². The summed E-state index contributed by atoms with van der Waals surface area (Å²) in [5.74, 6) is -0.833. The van der Waals surface area contributed by atoms with E-state index < -0.39 is 16.3 Å². The average Bonchev–Trinajstić information content (AvgIpc) is 1.63. The van der Waals surface area contributed by atoms with E-state index in [9.17, 15) is 0 Å². The first-order chi connectivity index (χ1) is 4.73. The van der Waals surface area contributed by atoms with Crippen LogP contribution in [-0.2, 0) is 15.1 Å². The van der Waals surface area contributed by atoms with Crippen molar-refractivity contribution < 1.29 is 22.9 Å². The van der Waals surface area contributed by atoms with Gasteiger partial charge in [0, 0.05) is 6.92 Å². The van der Waals surface area contributed by atoms with E-state index in [2.05, 4.69) is 18.3 Å². The van der Waals surface area contributed by atoms with Crippen molar-refractivity contribution in [3.8, 4) is 0 Å². The maximum Gasteiger partial charge on any atom is 0.330 e. The Labute approximate surface area is 77.5 Å². The van der Waals surface area contributed by atoms with Gasteiger partial charge in [0.15, 0.2) is 0 Å². The monoisotopic (exact) mass is 219 g/mol. The quantitative estimate of drug-likeness (QED) is 0.279. The molecule has 8 nitrogen and oxygen atoms in total. The summed E-state index contributed by atoms with van der Waals surface area (Å²) in [6, 6.07) is 0. The van der Waals surface area contributed by atoms with Crippen LogP contribution in [0.15, 0.2) is 13.2 Å². The number of carboxylic acid groups (broad SMARTS) is 1. The summed E-state index contributed by atoms with van der Waals surface area (Å²) in [6.45, 7) is 7.08. The van der Waals surface area contributed by atoms with Gasteiger partial charge < -0.3 is 17.4 Å². The van der Waals surface area contributed by atoms with Crippen LogP contribution in [0, 0.1) is 0 Å². The molecule has 0 saturated heterocycles. The first kappa shape index (κ1) is 29.6. The van der Waals surface area contributed by atoms with E-state index in [1.807, 2.05) is 0 Å². The van der Waals surface area contributed by atoms with Crippen LogP contribution in [0.5, 0.6) is 0 Å². The Bertz CT molecular complexity index is 178. The minimum atomic E-state index is -4.17. The van der Waals surface area contributed by atoms with E-state index >= 15 is 0 Å². The standard InChI is InChI=1S/C2H4O2.C2H4.H3NO3S.2H3N/c1-2(3)4;1-2;1-5(2,3)4;;/h1H3,(H,3,4);1-2H2;(H3,1,2,3,4);2*1H3. The molecule has 0 atom stereocenters. The highest BCUT2D eigenvalue weighted by Crippen LogP contribution is 1.50. The lowest BCUT2D eigenvalue weighted by Gasteiger charge is -1.70. The second-order valence-corrected chi connectivity index (χ2v) is 2.06. The molecule has 0 aromatic carbocycles. The Morgan fingerprint density at radius 2 is 1.31 bits per heavy atom. The highest BCUT2D eigenvalue weighted by atomic mass is 32.2. The molecule has 0 fully saturated rings. The maximum atomic E-state index is 9.00. The van der Waals surface area contributed by atoms with Gasteiger partial charge in [-0.2, -0.15) is 8.42 Å². The third-order valence-corrected chi connectivity index (χ3v) is 0. The summed E-state index contributed by atoms with van der Waals surface area (Å²) in [7, 11) is -4.17. The van der Waals surface area contributed by atoms with Gasteiger partial charge in [-0.15, -0.1) is 13.2 Å². The molecule has 0 unspecified atom stereocenters. The fraction of sp³-hybridized carbons (Fsp3) is 0.250. The molecule has 0 amide bonds. The van der Waals surface area contributed by atoms with Gasteiger partial charge in [0.05, 0.1) is 0 Å². The lowest BCUT2D eigenvalue weighted by molar-refractivity contribution is -0.134. The molecule has 0 aliphatic rings. The summed E-state index contributed by atoms with van der Waals surface area (Å²) in [4.78, 5) is 9.00. The Morgan fingerprint density at radius 1 is 1.31 bits per heavy atom. The Morgan fingerprint density at radius 3 is 1.31 bits per heavy atom. The summed E-state index contributed by atoms with van der Waals surface area (Å²) in [6.07, 6.45) is 0. The number of rotatable bonds is 0. The van der Waals surface area contributed by atoms with Gasteiger partial charge in [-0.1, -0.05) is 0 Å². The number of aliphatic carboxylic acids is 1. The fourth-order valence-electron chi connectivity index (χ4n) is 0. The van der Waals surface area contributed by atoms with Crippen molar-refractivity contribution >= 4 is 16.3 Å². The second-order valence-electron chi connectivity index (χ2n) is 1.03. The number of carbonyl (C=O) groups is 1. The average molecular weight is 219 g/mol. The third-order valence-electron chi connectivity index (χ3n) is 0. The topological polar surface area (TPSA) is 188 Å². The number of nitrogens with two attached hydrogens (primary N) is 1. The summed E-state index contributed by atoms with van der Waals surface area (Å²) in [5.41, 5.74) is 0. The predicted octanol–water partition coefficient (Wildman–Crippen LogP) is -0.0350. The zero-order valence-corrected chi connectivity index (χ0v) is 8.25. The molecule has 84 valence electrons. The molecule has 13 heavy (non-hydrogen) atoms. The van der Waals surface area contributed by atoms with E-state index in [0.717, 1.165) is 6.92 Å². The Hall–Kier alpha value is -1.00. The molecular formula is C4H17N3O5S. The SMILES string of the molecule is C=C.CC(=O)O.N.N.NS(=O)(=O)O. The smallest absolute Gasteiger partial charge is 0.330 e. The Kier molecular flexibility index (Phi) is 39.2. The van der Waals surface area contributed by atoms with E-state index in [1.54, 1.807) is 0 Å². The molecule has 0 rings (SSSR count). The van der Waals surface area contributed by atoms with Gasteiger partial charge in [-0.3, -0.25) is 9.35 Å². The van der Waals surface area contributed by atoms with Gasteiger partial charge in [-0.25, -0.2) is 5.14 Å². The van der Waals surface area contributed by atoms with Gasteiger partial charge in [0.25, 0.3) is 5.97 Å².